The van der Waals surface area contributed by atoms with Gasteiger partial charge in [-0.3, -0.25) is 9.59 Å². The molecule has 0 saturated heterocycles. The third-order valence-corrected chi connectivity index (χ3v) is 4.08. The third-order valence-electron chi connectivity index (χ3n) is 4.08. The summed E-state index contributed by atoms with van der Waals surface area (Å²) in [7, 11) is 1.30. The molecule has 0 unspecified atom stereocenters. The van der Waals surface area contributed by atoms with Crippen LogP contribution in [0, 0.1) is 18.3 Å². The highest BCUT2D eigenvalue weighted by molar-refractivity contribution is 5.93. The van der Waals surface area contributed by atoms with Crippen LogP contribution in [0.15, 0.2) is 54.6 Å². The van der Waals surface area contributed by atoms with Gasteiger partial charge in [0.1, 0.15) is 18.4 Å². The van der Waals surface area contributed by atoms with E-state index in [1.807, 2.05) is 37.3 Å². The predicted molar refractivity (Wildman–Crippen MR) is 105 cm³/mol. The van der Waals surface area contributed by atoms with Gasteiger partial charge in [0.25, 0.3) is 0 Å². The average molecular weight is 378 g/mol. The van der Waals surface area contributed by atoms with E-state index in [0.717, 1.165) is 16.7 Å². The number of nitriles is 1. The van der Waals surface area contributed by atoms with Gasteiger partial charge in [-0.25, -0.2) is 0 Å². The smallest absolute Gasteiger partial charge is 0.325 e. The Hall–Kier alpha value is -3.59. The van der Waals surface area contributed by atoms with Gasteiger partial charge in [-0.15, -0.1) is 0 Å². The van der Waals surface area contributed by atoms with Crippen molar-refractivity contribution in [1.29, 1.82) is 5.26 Å². The zero-order valence-electron chi connectivity index (χ0n) is 15.9. The Kier molecular flexibility index (Phi) is 7.79. The Morgan fingerprint density at radius 3 is 2.50 bits per heavy atom. The van der Waals surface area contributed by atoms with E-state index in [-0.39, 0.29) is 19.1 Å². The van der Waals surface area contributed by atoms with Gasteiger partial charge in [-0.1, -0.05) is 36.4 Å². The Bertz CT molecular complexity index is 882. The summed E-state index contributed by atoms with van der Waals surface area (Å²) in [5.41, 5.74) is 2.81. The molecule has 6 heteroatoms. The molecule has 28 heavy (non-hydrogen) atoms. The highest BCUT2D eigenvalue weighted by Crippen LogP contribution is 2.14. The molecule has 0 fully saturated rings. The zero-order valence-corrected chi connectivity index (χ0v) is 15.9. The van der Waals surface area contributed by atoms with Crippen LogP contribution in [0.5, 0.6) is 5.75 Å². The number of benzene rings is 2. The molecule has 0 N–H and O–H groups in total. The Labute approximate surface area is 164 Å². The van der Waals surface area contributed by atoms with Crippen LogP contribution >= 0.6 is 0 Å². The van der Waals surface area contributed by atoms with Crippen LogP contribution in [0.25, 0.3) is 6.08 Å². The minimum atomic E-state index is -0.477. The van der Waals surface area contributed by atoms with Crippen LogP contribution < -0.4 is 4.74 Å². The molecule has 0 aliphatic heterocycles. The van der Waals surface area contributed by atoms with Crippen LogP contribution in [0.3, 0.4) is 0 Å². The molecule has 0 bridgehead atoms. The zero-order chi connectivity index (χ0) is 20.4. The Morgan fingerprint density at radius 1 is 1.14 bits per heavy atom. The van der Waals surface area contributed by atoms with Gasteiger partial charge < -0.3 is 14.4 Å². The van der Waals surface area contributed by atoms with E-state index in [2.05, 4.69) is 0 Å². The summed E-state index contributed by atoms with van der Waals surface area (Å²) in [5, 5.41) is 8.52. The summed E-state index contributed by atoms with van der Waals surface area (Å²) in [4.78, 5) is 25.8. The number of carbonyl (C=O) groups excluding carboxylic acids is 2. The minimum Gasteiger partial charge on any atom is -0.479 e. The van der Waals surface area contributed by atoms with Crippen LogP contribution in [0.4, 0.5) is 0 Å². The summed E-state index contributed by atoms with van der Waals surface area (Å²) >= 11 is 0. The second-order valence-corrected chi connectivity index (χ2v) is 6.05. The third kappa shape index (κ3) is 6.29. The van der Waals surface area contributed by atoms with E-state index >= 15 is 0 Å². The molecule has 0 heterocycles. The molecule has 0 spiro atoms. The molecule has 0 saturated carbocycles. The highest BCUT2D eigenvalue weighted by Gasteiger charge is 2.16. The second kappa shape index (κ2) is 10.5. The van der Waals surface area contributed by atoms with Crippen LogP contribution in [-0.2, 0) is 20.9 Å². The number of esters is 1. The molecule has 1 amide bonds. The van der Waals surface area contributed by atoms with Gasteiger partial charge in [-0.05, 0) is 41.8 Å². The number of nitrogens with zero attached hydrogens (tertiary/aromatic N) is 2. The first-order valence-electron chi connectivity index (χ1n) is 8.71. The first kappa shape index (κ1) is 20.7. The van der Waals surface area contributed by atoms with Crippen LogP contribution in [0.1, 0.15) is 16.7 Å². The van der Waals surface area contributed by atoms with Crippen molar-refractivity contribution in [2.24, 2.45) is 0 Å². The highest BCUT2D eigenvalue weighted by atomic mass is 16.5. The van der Waals surface area contributed by atoms with E-state index in [1.165, 1.54) is 18.1 Å². The van der Waals surface area contributed by atoms with Gasteiger partial charge in [0.2, 0.25) is 5.91 Å². The standard InChI is InChI=1S/C22H22N2O4/c1-17-5-3-4-6-19(17)15-24(16-22(26)27-2)21(25)12-9-18-7-10-20(11-8-18)28-14-13-23/h3-12H,14-16H2,1-2H3/b12-9+. The number of ether oxygens (including phenoxy) is 2. The van der Waals surface area contributed by atoms with Gasteiger partial charge in [0.05, 0.1) is 7.11 Å². The van der Waals surface area contributed by atoms with E-state index in [9.17, 15) is 9.59 Å². The fourth-order valence-electron chi connectivity index (χ4n) is 2.49. The first-order valence-corrected chi connectivity index (χ1v) is 8.71. The SMILES string of the molecule is COC(=O)CN(Cc1ccccc1C)C(=O)/C=C/c1ccc(OCC#N)cc1. The predicted octanol–water partition coefficient (Wildman–Crippen LogP) is 3.11. The number of hydrogen-bond acceptors (Lipinski definition) is 5. The Balaban J connectivity index is 2.10. The average Bonchev–Trinajstić information content (AvgIpc) is 2.72. The summed E-state index contributed by atoms with van der Waals surface area (Å²) in [6, 6.07) is 16.6. The van der Waals surface area contributed by atoms with Gasteiger partial charge in [0, 0.05) is 12.6 Å². The lowest BCUT2D eigenvalue weighted by Crippen LogP contribution is -2.34. The molecule has 0 radical (unpaired) electrons. The number of amides is 1. The van der Waals surface area contributed by atoms with Crippen LogP contribution in [-0.4, -0.2) is 37.0 Å². The molecule has 2 aromatic carbocycles. The number of carbonyl (C=O) groups is 2. The molecular formula is C22H22N2O4. The molecule has 144 valence electrons. The summed E-state index contributed by atoms with van der Waals surface area (Å²) in [6.07, 6.45) is 3.09. The van der Waals surface area contributed by atoms with Crippen LogP contribution in [0.2, 0.25) is 0 Å². The molecule has 0 aliphatic carbocycles. The van der Waals surface area contributed by atoms with E-state index in [0.29, 0.717) is 12.3 Å². The Morgan fingerprint density at radius 2 is 1.86 bits per heavy atom. The maximum absolute atomic E-state index is 12.7. The first-order chi connectivity index (χ1) is 13.5. The lowest BCUT2D eigenvalue weighted by atomic mass is 10.1. The summed E-state index contributed by atoms with van der Waals surface area (Å²) in [6.45, 7) is 2.12. The van der Waals surface area contributed by atoms with Gasteiger partial charge in [0.15, 0.2) is 6.61 Å². The van der Waals surface area contributed by atoms with E-state index in [4.69, 9.17) is 14.7 Å². The van der Waals surface area contributed by atoms with Crippen molar-refractivity contribution in [3.63, 3.8) is 0 Å². The quantitative estimate of drug-likeness (QED) is 0.521. The minimum absolute atomic E-state index is 0.0188. The van der Waals surface area contributed by atoms with Crippen molar-refractivity contribution in [3.8, 4) is 11.8 Å². The summed E-state index contributed by atoms with van der Waals surface area (Å²) < 4.78 is 9.91. The normalized spacial score (nSPS) is 10.3. The number of hydrogen-bond donors (Lipinski definition) is 0. The van der Waals surface area contributed by atoms with Crippen molar-refractivity contribution >= 4 is 18.0 Å². The molecule has 6 nitrogen and oxygen atoms in total. The molecule has 0 aromatic heterocycles. The van der Waals surface area contributed by atoms with Crippen molar-refractivity contribution in [1.82, 2.24) is 4.90 Å². The maximum Gasteiger partial charge on any atom is 0.325 e. The molecule has 0 aliphatic rings. The second-order valence-electron chi connectivity index (χ2n) is 6.05. The van der Waals surface area contributed by atoms with E-state index < -0.39 is 5.97 Å². The van der Waals surface area contributed by atoms with Gasteiger partial charge >= 0.3 is 5.97 Å². The van der Waals surface area contributed by atoms with Crippen molar-refractivity contribution in [2.75, 3.05) is 20.3 Å². The molecule has 2 rings (SSSR count). The van der Waals surface area contributed by atoms with Gasteiger partial charge in [-0.2, -0.15) is 5.26 Å². The monoisotopic (exact) mass is 378 g/mol. The van der Waals surface area contributed by atoms with Crippen molar-refractivity contribution < 1.29 is 19.1 Å². The topological polar surface area (TPSA) is 79.6 Å². The number of aryl methyl sites for hydroxylation is 1. The lowest BCUT2D eigenvalue weighted by Gasteiger charge is -2.21. The number of rotatable bonds is 8. The largest absolute Gasteiger partial charge is 0.479 e. The number of methoxy groups -OCH3 is 1. The fraction of sp³-hybridized carbons (Fsp3) is 0.227. The lowest BCUT2D eigenvalue weighted by molar-refractivity contribution is -0.145. The van der Waals surface area contributed by atoms with Crippen molar-refractivity contribution in [2.45, 2.75) is 13.5 Å². The van der Waals surface area contributed by atoms with E-state index in [1.54, 1.807) is 30.3 Å². The molecule has 2 aromatic rings. The van der Waals surface area contributed by atoms with Crippen molar-refractivity contribution in [3.05, 3.63) is 71.3 Å². The molecule has 0 atom stereocenters. The maximum atomic E-state index is 12.7. The fourth-order valence-corrected chi connectivity index (χ4v) is 2.49. The summed E-state index contributed by atoms with van der Waals surface area (Å²) in [5.74, 6) is -0.190. The molecular weight excluding hydrogens is 356 g/mol.